The van der Waals surface area contributed by atoms with Gasteiger partial charge in [0.15, 0.2) is 0 Å². The highest BCUT2D eigenvalue weighted by atomic mass is 16.5. The third kappa shape index (κ3) is 6.76. The van der Waals surface area contributed by atoms with Crippen LogP contribution >= 0.6 is 0 Å². The minimum atomic E-state index is -0.0697. The normalized spacial score (nSPS) is 14.4. The molecule has 1 saturated heterocycles. The molecule has 0 atom stereocenters. The van der Waals surface area contributed by atoms with Gasteiger partial charge in [-0.3, -0.25) is 14.7 Å². The monoisotopic (exact) mass is 432 g/mol. The number of aromatic amines is 1. The van der Waals surface area contributed by atoms with Crippen molar-refractivity contribution in [2.45, 2.75) is 51.5 Å². The minimum Gasteiger partial charge on any atom is -0.494 e. The fourth-order valence-electron chi connectivity index (χ4n) is 4.08. The van der Waals surface area contributed by atoms with Crippen molar-refractivity contribution >= 4 is 0 Å². The second-order valence-corrected chi connectivity index (χ2v) is 8.51. The summed E-state index contributed by atoms with van der Waals surface area (Å²) in [6, 6.07) is 12.3. The lowest BCUT2D eigenvalue weighted by Crippen LogP contribution is -2.28. The van der Waals surface area contributed by atoms with Gasteiger partial charge < -0.3 is 9.72 Å². The highest BCUT2D eigenvalue weighted by Crippen LogP contribution is 2.17. The number of nitrogens with one attached hydrogen (secondary N) is 1. The Balaban J connectivity index is 1.16. The molecule has 4 rings (SSSR count). The third-order valence-electron chi connectivity index (χ3n) is 5.90. The number of hydrogen-bond donors (Lipinski definition) is 1. The standard InChI is InChI=1S/C26H32N4O2/c31-26-23(17-22-7-6-13-27-18-22)19-28-25(29-26)8-2-5-16-32-24-11-9-21(10-12-24)20-30-14-3-1-4-15-30/h6-7,9-13,18-19H,1-5,8,14-17,20H2,(H,28,29,31). The predicted octanol–water partition coefficient (Wildman–Crippen LogP) is 4.14. The number of benzene rings is 1. The zero-order chi connectivity index (χ0) is 22.0. The van der Waals surface area contributed by atoms with E-state index in [1.54, 1.807) is 18.6 Å². The molecule has 1 fully saturated rings. The van der Waals surface area contributed by atoms with E-state index in [9.17, 15) is 4.79 Å². The van der Waals surface area contributed by atoms with Crippen LogP contribution in [0.5, 0.6) is 5.75 Å². The number of unbranched alkanes of at least 4 members (excludes halogenated alkanes) is 1. The summed E-state index contributed by atoms with van der Waals surface area (Å²) in [4.78, 5) is 26.3. The number of pyridine rings is 1. The van der Waals surface area contributed by atoms with E-state index in [4.69, 9.17) is 4.74 Å². The summed E-state index contributed by atoms with van der Waals surface area (Å²) in [6.07, 6.45) is 12.3. The fourth-order valence-corrected chi connectivity index (χ4v) is 4.08. The molecule has 1 aromatic carbocycles. The van der Waals surface area contributed by atoms with Crippen LogP contribution in [0, 0.1) is 0 Å². The van der Waals surface area contributed by atoms with E-state index in [2.05, 4.69) is 44.1 Å². The molecule has 2 aromatic heterocycles. The van der Waals surface area contributed by atoms with Gasteiger partial charge in [-0.15, -0.1) is 0 Å². The fraction of sp³-hybridized carbons (Fsp3) is 0.423. The van der Waals surface area contributed by atoms with Crippen LogP contribution in [-0.2, 0) is 19.4 Å². The van der Waals surface area contributed by atoms with E-state index in [0.29, 0.717) is 18.6 Å². The summed E-state index contributed by atoms with van der Waals surface area (Å²) >= 11 is 0. The lowest BCUT2D eigenvalue weighted by atomic mass is 10.1. The summed E-state index contributed by atoms with van der Waals surface area (Å²) < 4.78 is 5.89. The maximum atomic E-state index is 12.3. The SMILES string of the molecule is O=c1[nH]c(CCCCOc2ccc(CN3CCCCC3)cc2)ncc1Cc1cccnc1. The van der Waals surface area contributed by atoms with Crippen molar-refractivity contribution in [3.05, 3.63) is 87.9 Å². The van der Waals surface area contributed by atoms with Gasteiger partial charge in [0.05, 0.1) is 6.61 Å². The molecule has 0 bridgehead atoms. The number of aromatic nitrogens is 3. The number of hydrogen-bond acceptors (Lipinski definition) is 5. The first-order chi connectivity index (χ1) is 15.8. The zero-order valence-corrected chi connectivity index (χ0v) is 18.6. The molecule has 6 nitrogen and oxygen atoms in total. The minimum absolute atomic E-state index is 0.0697. The Labute approximate surface area is 189 Å². The first kappa shape index (κ1) is 22.2. The second kappa shape index (κ2) is 11.6. The molecular weight excluding hydrogens is 400 g/mol. The van der Waals surface area contributed by atoms with Gasteiger partial charge in [-0.05, 0) is 68.1 Å². The molecule has 0 spiro atoms. The van der Waals surface area contributed by atoms with Crippen LogP contribution in [0.15, 0.2) is 59.8 Å². The van der Waals surface area contributed by atoms with Crippen LogP contribution in [0.4, 0.5) is 0 Å². The molecule has 6 heteroatoms. The molecule has 0 amide bonds. The molecular formula is C26H32N4O2. The van der Waals surface area contributed by atoms with Crippen molar-refractivity contribution in [2.75, 3.05) is 19.7 Å². The maximum absolute atomic E-state index is 12.3. The average molecular weight is 433 g/mol. The molecule has 168 valence electrons. The van der Waals surface area contributed by atoms with Gasteiger partial charge in [0.1, 0.15) is 11.6 Å². The highest BCUT2D eigenvalue weighted by molar-refractivity contribution is 5.27. The molecule has 1 N–H and O–H groups in total. The molecule has 1 aliphatic rings. The van der Waals surface area contributed by atoms with Gasteiger partial charge in [-0.2, -0.15) is 0 Å². The number of ether oxygens (including phenoxy) is 1. The lowest BCUT2D eigenvalue weighted by molar-refractivity contribution is 0.221. The topological polar surface area (TPSA) is 71.1 Å². The Kier molecular flexibility index (Phi) is 8.04. The van der Waals surface area contributed by atoms with E-state index in [-0.39, 0.29) is 5.56 Å². The Hall–Kier alpha value is -2.99. The molecule has 0 radical (unpaired) electrons. The van der Waals surface area contributed by atoms with Gasteiger partial charge in [0, 0.05) is 43.5 Å². The average Bonchev–Trinajstić information content (AvgIpc) is 2.83. The molecule has 3 heterocycles. The van der Waals surface area contributed by atoms with Crippen LogP contribution in [-0.4, -0.2) is 39.5 Å². The Bertz CT molecular complexity index is 1010. The molecule has 0 unspecified atom stereocenters. The first-order valence-electron chi connectivity index (χ1n) is 11.7. The van der Waals surface area contributed by atoms with E-state index in [1.807, 2.05) is 12.1 Å². The van der Waals surface area contributed by atoms with E-state index in [0.717, 1.165) is 42.9 Å². The molecule has 0 aliphatic carbocycles. The summed E-state index contributed by atoms with van der Waals surface area (Å²) in [5, 5.41) is 0. The summed E-state index contributed by atoms with van der Waals surface area (Å²) in [7, 11) is 0. The number of H-pyrrole nitrogens is 1. The lowest BCUT2D eigenvalue weighted by Gasteiger charge is -2.26. The van der Waals surface area contributed by atoms with Crippen molar-refractivity contribution in [3.63, 3.8) is 0 Å². The molecule has 1 aliphatic heterocycles. The van der Waals surface area contributed by atoms with Crippen molar-refractivity contribution in [2.24, 2.45) is 0 Å². The van der Waals surface area contributed by atoms with Crippen LogP contribution in [0.1, 0.15) is 54.6 Å². The number of aryl methyl sites for hydroxylation is 1. The Morgan fingerprint density at radius 1 is 0.969 bits per heavy atom. The first-order valence-corrected chi connectivity index (χ1v) is 11.7. The molecule has 0 saturated carbocycles. The van der Waals surface area contributed by atoms with Crippen LogP contribution in [0.25, 0.3) is 0 Å². The predicted molar refractivity (Wildman–Crippen MR) is 126 cm³/mol. The number of likely N-dealkylation sites (tertiary alicyclic amines) is 1. The zero-order valence-electron chi connectivity index (χ0n) is 18.6. The van der Waals surface area contributed by atoms with Crippen LogP contribution in [0.3, 0.4) is 0 Å². The van der Waals surface area contributed by atoms with Crippen molar-refractivity contribution < 1.29 is 4.74 Å². The number of rotatable bonds is 10. The summed E-state index contributed by atoms with van der Waals surface area (Å²) in [5.74, 6) is 1.64. The quantitative estimate of drug-likeness (QED) is 0.488. The highest BCUT2D eigenvalue weighted by Gasteiger charge is 2.10. The number of nitrogens with zero attached hydrogens (tertiary/aromatic N) is 3. The van der Waals surface area contributed by atoms with Gasteiger partial charge in [-0.1, -0.05) is 24.6 Å². The Morgan fingerprint density at radius 3 is 2.56 bits per heavy atom. The Morgan fingerprint density at radius 2 is 1.81 bits per heavy atom. The van der Waals surface area contributed by atoms with Crippen LogP contribution < -0.4 is 10.3 Å². The molecule has 32 heavy (non-hydrogen) atoms. The second-order valence-electron chi connectivity index (χ2n) is 8.51. The van der Waals surface area contributed by atoms with Gasteiger partial charge >= 0.3 is 0 Å². The maximum Gasteiger partial charge on any atom is 0.254 e. The van der Waals surface area contributed by atoms with Gasteiger partial charge in [0.2, 0.25) is 0 Å². The van der Waals surface area contributed by atoms with Crippen LogP contribution in [0.2, 0.25) is 0 Å². The van der Waals surface area contributed by atoms with Crippen molar-refractivity contribution in [3.8, 4) is 5.75 Å². The smallest absolute Gasteiger partial charge is 0.254 e. The van der Waals surface area contributed by atoms with Gasteiger partial charge in [-0.25, -0.2) is 4.98 Å². The number of piperidine rings is 1. The van der Waals surface area contributed by atoms with E-state index in [1.165, 1.54) is 37.9 Å². The largest absolute Gasteiger partial charge is 0.494 e. The van der Waals surface area contributed by atoms with Crippen molar-refractivity contribution in [1.82, 2.24) is 19.9 Å². The summed E-state index contributed by atoms with van der Waals surface area (Å²) in [5.41, 5.74) is 2.94. The van der Waals surface area contributed by atoms with E-state index < -0.39 is 0 Å². The van der Waals surface area contributed by atoms with Crippen molar-refractivity contribution in [1.29, 1.82) is 0 Å². The van der Waals surface area contributed by atoms with Gasteiger partial charge in [0.25, 0.3) is 5.56 Å². The van der Waals surface area contributed by atoms with E-state index >= 15 is 0 Å². The summed E-state index contributed by atoms with van der Waals surface area (Å²) in [6.45, 7) is 4.12. The molecule has 3 aromatic rings. The third-order valence-corrected chi connectivity index (χ3v) is 5.90.